The van der Waals surface area contributed by atoms with Crippen LogP contribution in [0.15, 0.2) is 0 Å². The molecule has 0 rings (SSSR count). The Bertz CT molecular complexity index is 244. The van der Waals surface area contributed by atoms with Crippen molar-refractivity contribution >= 4 is 10.4 Å². The third kappa shape index (κ3) is 22.0. The molecule has 0 radical (unpaired) electrons. The molecular formula is C11H25NaO5S. The van der Waals surface area contributed by atoms with E-state index in [2.05, 4.69) is 11.1 Å². The van der Waals surface area contributed by atoms with Gasteiger partial charge in [-0.3, -0.25) is 4.18 Å². The van der Waals surface area contributed by atoms with Gasteiger partial charge in [0.25, 0.3) is 0 Å². The minimum Gasteiger partial charge on any atom is -0.726 e. The minimum absolute atomic E-state index is 0. The van der Waals surface area contributed by atoms with E-state index in [1.165, 1.54) is 38.5 Å². The van der Waals surface area contributed by atoms with Crippen LogP contribution in [0.25, 0.3) is 0 Å². The Morgan fingerprint density at radius 3 is 1.67 bits per heavy atom. The summed E-state index contributed by atoms with van der Waals surface area (Å²) in [5.41, 5.74) is 0. The first kappa shape index (κ1) is 23.9. The number of hydrogen-bond donors (Lipinski definition) is 0. The van der Waals surface area contributed by atoms with Crippen molar-refractivity contribution in [2.24, 2.45) is 0 Å². The Morgan fingerprint density at radius 1 is 0.889 bits per heavy atom. The molecule has 0 aliphatic carbocycles. The summed E-state index contributed by atoms with van der Waals surface area (Å²) in [6.45, 7) is 2.23. The Kier molecular flexibility index (Phi) is 21.1. The second-order valence-corrected chi connectivity index (χ2v) is 5.11. The normalized spacial score (nSPS) is 10.6. The molecule has 0 amide bonds. The molecule has 7 heteroatoms. The molecule has 106 valence electrons. The number of rotatable bonds is 11. The Balaban J connectivity index is -0.00000112. The molecule has 2 N–H and O–H groups in total. The van der Waals surface area contributed by atoms with Crippen molar-refractivity contribution in [3.05, 3.63) is 0 Å². The van der Waals surface area contributed by atoms with Crippen LogP contribution in [-0.4, -0.2) is 25.1 Å². The zero-order valence-corrected chi connectivity index (χ0v) is 14.4. The number of unbranched alkanes of at least 4 members (excludes halogenated alkanes) is 8. The van der Waals surface area contributed by atoms with E-state index >= 15 is 0 Å². The van der Waals surface area contributed by atoms with E-state index < -0.39 is 10.4 Å². The Hall–Kier alpha value is 0.830. The monoisotopic (exact) mass is 292 g/mol. The van der Waals surface area contributed by atoms with Crippen LogP contribution >= 0.6 is 0 Å². The standard InChI is InChI=1S/C11H24O4S.Na.H2O/c1-2-3-4-5-6-7-8-9-10-11-15-16(12,13)14;;/h2-11H2,1H3,(H,12,13,14);;1H2/q;+1;/p-1. The van der Waals surface area contributed by atoms with Crippen LogP contribution in [0.5, 0.6) is 0 Å². The third-order valence-corrected chi connectivity index (χ3v) is 2.93. The summed E-state index contributed by atoms with van der Waals surface area (Å²) in [6.07, 6.45) is 10.3. The van der Waals surface area contributed by atoms with E-state index in [-0.39, 0.29) is 41.6 Å². The molecule has 0 spiro atoms. The second kappa shape index (κ2) is 15.9. The van der Waals surface area contributed by atoms with E-state index in [1.807, 2.05) is 0 Å². The van der Waals surface area contributed by atoms with E-state index in [0.29, 0.717) is 6.42 Å². The fraction of sp³-hybridized carbons (Fsp3) is 1.00. The molecule has 0 aliphatic heterocycles. The molecule has 0 heterocycles. The quantitative estimate of drug-likeness (QED) is 0.215. The van der Waals surface area contributed by atoms with Crippen molar-refractivity contribution < 1.29 is 52.2 Å². The van der Waals surface area contributed by atoms with Gasteiger partial charge in [0.2, 0.25) is 10.4 Å². The molecule has 0 unspecified atom stereocenters. The Labute approximate surface area is 133 Å². The summed E-state index contributed by atoms with van der Waals surface area (Å²) in [5.74, 6) is 0. The molecule has 0 saturated heterocycles. The molecule has 5 nitrogen and oxygen atoms in total. The zero-order valence-electron chi connectivity index (χ0n) is 11.6. The van der Waals surface area contributed by atoms with Crippen LogP contribution in [0.4, 0.5) is 0 Å². The van der Waals surface area contributed by atoms with Gasteiger partial charge >= 0.3 is 29.6 Å². The summed E-state index contributed by atoms with van der Waals surface area (Å²) >= 11 is 0. The van der Waals surface area contributed by atoms with Crippen molar-refractivity contribution in [3.8, 4) is 0 Å². The second-order valence-electron chi connectivity index (χ2n) is 4.06. The van der Waals surface area contributed by atoms with Gasteiger partial charge in [-0.1, -0.05) is 58.3 Å². The third-order valence-electron chi connectivity index (χ3n) is 2.48. The van der Waals surface area contributed by atoms with E-state index in [4.69, 9.17) is 0 Å². The SMILES string of the molecule is CCCCCCCCCCCOS(=O)(=O)[O-].O.[Na+]. The van der Waals surface area contributed by atoms with Gasteiger partial charge in [0.1, 0.15) is 0 Å². The van der Waals surface area contributed by atoms with Gasteiger partial charge < -0.3 is 10.0 Å². The largest absolute Gasteiger partial charge is 1.00 e. The van der Waals surface area contributed by atoms with Gasteiger partial charge in [0.15, 0.2) is 0 Å². The topological polar surface area (TPSA) is 97.9 Å². The van der Waals surface area contributed by atoms with Crippen molar-refractivity contribution in [3.63, 3.8) is 0 Å². The fourth-order valence-electron chi connectivity index (χ4n) is 1.57. The molecule has 0 atom stereocenters. The van der Waals surface area contributed by atoms with Crippen LogP contribution < -0.4 is 29.6 Å². The molecular weight excluding hydrogens is 267 g/mol. The summed E-state index contributed by atoms with van der Waals surface area (Å²) < 4.78 is 34.4. The van der Waals surface area contributed by atoms with Crippen molar-refractivity contribution in [1.82, 2.24) is 0 Å². The van der Waals surface area contributed by atoms with Crippen LogP contribution in [0.1, 0.15) is 64.7 Å². The van der Waals surface area contributed by atoms with Crippen LogP contribution in [0.3, 0.4) is 0 Å². The maximum Gasteiger partial charge on any atom is 1.00 e. The Morgan fingerprint density at radius 2 is 1.28 bits per heavy atom. The molecule has 0 aromatic carbocycles. The summed E-state index contributed by atoms with van der Waals surface area (Å²) in [6, 6.07) is 0. The van der Waals surface area contributed by atoms with Gasteiger partial charge in [-0.2, -0.15) is 0 Å². The predicted molar refractivity (Wildman–Crippen MR) is 66.5 cm³/mol. The minimum atomic E-state index is -4.48. The van der Waals surface area contributed by atoms with Gasteiger partial charge in [-0.25, -0.2) is 8.42 Å². The van der Waals surface area contributed by atoms with Crippen LogP contribution in [0, 0.1) is 0 Å². The van der Waals surface area contributed by atoms with Crippen molar-refractivity contribution in [2.45, 2.75) is 64.7 Å². The molecule has 0 saturated carbocycles. The first-order valence-corrected chi connectivity index (χ1v) is 7.50. The molecule has 0 aliphatic rings. The van der Waals surface area contributed by atoms with E-state index in [9.17, 15) is 13.0 Å². The first-order chi connectivity index (χ1) is 7.56. The van der Waals surface area contributed by atoms with Gasteiger partial charge in [-0.05, 0) is 6.42 Å². The average Bonchev–Trinajstić information content (AvgIpc) is 2.19. The maximum atomic E-state index is 10.1. The van der Waals surface area contributed by atoms with Crippen molar-refractivity contribution in [2.75, 3.05) is 6.61 Å². The van der Waals surface area contributed by atoms with Crippen molar-refractivity contribution in [1.29, 1.82) is 0 Å². The van der Waals surface area contributed by atoms with Gasteiger partial charge in [-0.15, -0.1) is 0 Å². The summed E-state index contributed by atoms with van der Waals surface area (Å²) in [5, 5.41) is 0. The van der Waals surface area contributed by atoms with Crippen LogP contribution in [-0.2, 0) is 14.6 Å². The van der Waals surface area contributed by atoms with E-state index in [0.717, 1.165) is 12.8 Å². The average molecular weight is 292 g/mol. The number of hydrogen-bond acceptors (Lipinski definition) is 4. The fourth-order valence-corrected chi connectivity index (χ4v) is 1.90. The molecule has 0 fully saturated rings. The van der Waals surface area contributed by atoms with E-state index in [1.54, 1.807) is 0 Å². The maximum absolute atomic E-state index is 10.1. The molecule has 0 aromatic heterocycles. The van der Waals surface area contributed by atoms with Gasteiger partial charge in [0.05, 0.1) is 6.61 Å². The zero-order chi connectivity index (χ0) is 12.3. The molecule has 0 aromatic rings. The van der Waals surface area contributed by atoms with Gasteiger partial charge in [0, 0.05) is 0 Å². The smallest absolute Gasteiger partial charge is 0.726 e. The van der Waals surface area contributed by atoms with Crippen LogP contribution in [0.2, 0.25) is 0 Å². The predicted octanol–water partition coefficient (Wildman–Crippen LogP) is -0.827. The first-order valence-electron chi connectivity index (χ1n) is 6.16. The molecule has 0 bridgehead atoms. The molecule has 18 heavy (non-hydrogen) atoms. The summed E-state index contributed by atoms with van der Waals surface area (Å²) in [4.78, 5) is 0. The summed E-state index contributed by atoms with van der Waals surface area (Å²) in [7, 11) is -4.48.